The Morgan fingerprint density at radius 3 is 2.34 bits per heavy atom. The van der Waals surface area contributed by atoms with Gasteiger partial charge in [0.25, 0.3) is 5.91 Å². The van der Waals surface area contributed by atoms with Gasteiger partial charge >= 0.3 is 0 Å². The van der Waals surface area contributed by atoms with Crippen molar-refractivity contribution < 1.29 is 34.5 Å². The van der Waals surface area contributed by atoms with Crippen molar-refractivity contribution in [3.63, 3.8) is 0 Å². The smallest absolute Gasteiger partial charge is 0.256 e. The molecule has 5 atom stereocenters. The number of hydrogen-bond acceptors (Lipinski definition) is 8. The molecule has 0 radical (unpaired) electrons. The lowest BCUT2D eigenvalue weighted by molar-refractivity contribution is -0.142. The summed E-state index contributed by atoms with van der Waals surface area (Å²) in [6, 6.07) is 2.42. The zero-order valence-corrected chi connectivity index (χ0v) is 17.8. The lowest BCUT2D eigenvalue weighted by Gasteiger charge is -2.30. The van der Waals surface area contributed by atoms with Crippen molar-refractivity contribution >= 4 is 23.6 Å². The maximum absolute atomic E-state index is 13.3. The number of amides is 4. The quantitative estimate of drug-likeness (QED) is 0.126. The first-order valence-electron chi connectivity index (χ1n) is 10.1. The molecule has 32 heavy (non-hydrogen) atoms. The van der Waals surface area contributed by atoms with Gasteiger partial charge in [-0.3, -0.25) is 24.6 Å². The first kappa shape index (κ1) is 25.0. The molecule has 8 N–H and O–H groups in total. The van der Waals surface area contributed by atoms with E-state index in [9.17, 15) is 34.5 Å². The number of phenols is 1. The average molecular weight is 451 g/mol. The molecular weight excluding hydrogens is 422 g/mol. The number of nitrogens with one attached hydrogen (secondary N) is 3. The van der Waals surface area contributed by atoms with Crippen LogP contribution in [0, 0.1) is 0 Å². The molecule has 0 saturated carbocycles. The molecule has 1 aromatic rings. The maximum atomic E-state index is 13.3. The van der Waals surface area contributed by atoms with Gasteiger partial charge in [-0.2, -0.15) is 0 Å². The van der Waals surface area contributed by atoms with Crippen LogP contribution in [0.4, 0.5) is 0 Å². The predicted molar refractivity (Wildman–Crippen MR) is 111 cm³/mol. The molecule has 0 spiro atoms. The van der Waals surface area contributed by atoms with E-state index in [-0.39, 0.29) is 25.1 Å². The number of phenolic OH excluding ortho intramolecular Hbond substituents is 1. The largest absolute Gasteiger partial charge is 0.508 e. The first-order chi connectivity index (χ1) is 15.0. The zero-order chi connectivity index (χ0) is 24.0. The van der Waals surface area contributed by atoms with Gasteiger partial charge in [-0.1, -0.05) is 12.1 Å². The van der Waals surface area contributed by atoms with E-state index in [1.165, 1.54) is 26.0 Å². The van der Waals surface area contributed by atoms with E-state index < -0.39 is 54.0 Å². The van der Waals surface area contributed by atoms with Crippen molar-refractivity contribution in [1.82, 2.24) is 21.0 Å². The Hall–Kier alpha value is -3.22. The van der Waals surface area contributed by atoms with Gasteiger partial charge < -0.3 is 30.9 Å². The third-order valence-corrected chi connectivity index (χ3v) is 5.12. The SMILES string of the molecule is CC(=O)N[C@H](C(=O)N[C@@H](Cc1ccc(O)cc1)C(=O)N1C[C@@H](O)C[C@H]1C(=O)NN)[C@@H](C)O. The fourth-order valence-corrected chi connectivity index (χ4v) is 3.56. The van der Waals surface area contributed by atoms with Crippen LogP contribution in [0.2, 0.25) is 0 Å². The second-order valence-corrected chi connectivity index (χ2v) is 7.76. The molecule has 0 bridgehead atoms. The van der Waals surface area contributed by atoms with E-state index in [0.717, 1.165) is 4.90 Å². The molecule has 12 nitrogen and oxygen atoms in total. The Bertz CT molecular complexity index is 845. The van der Waals surface area contributed by atoms with Crippen LogP contribution in [0.15, 0.2) is 24.3 Å². The van der Waals surface area contributed by atoms with Crippen molar-refractivity contribution in [1.29, 1.82) is 0 Å². The minimum absolute atomic E-state index is 0.0129. The monoisotopic (exact) mass is 451 g/mol. The summed E-state index contributed by atoms with van der Waals surface area (Å²) in [4.78, 5) is 50.8. The zero-order valence-electron chi connectivity index (χ0n) is 17.8. The highest BCUT2D eigenvalue weighted by molar-refractivity contribution is 5.94. The van der Waals surface area contributed by atoms with Gasteiger partial charge in [-0.05, 0) is 24.6 Å². The number of carbonyl (C=O) groups is 4. The van der Waals surface area contributed by atoms with E-state index in [1.54, 1.807) is 12.1 Å². The highest BCUT2D eigenvalue weighted by atomic mass is 16.3. The van der Waals surface area contributed by atoms with Crippen LogP contribution in [-0.4, -0.2) is 80.7 Å². The standard InChI is InChI=1S/C20H29N5O7/c1-10(26)17(22-11(2)27)19(31)23-15(7-12-3-5-13(28)6-4-12)20(32)25-9-14(29)8-16(25)18(30)24-21/h3-6,10,14-17,26,28-29H,7-9,21H2,1-2H3,(H,22,27)(H,23,31)(H,24,30)/t10-,14+,15+,16+,17+/m1/s1. The number of rotatable bonds is 8. The third kappa shape index (κ3) is 6.39. The summed E-state index contributed by atoms with van der Waals surface area (Å²) in [7, 11) is 0. The molecular formula is C20H29N5O7. The molecule has 1 aliphatic heterocycles. The fraction of sp³-hybridized carbons (Fsp3) is 0.500. The molecule has 12 heteroatoms. The number of hydrazine groups is 1. The Labute approximate surface area is 184 Å². The van der Waals surface area contributed by atoms with E-state index in [1.807, 2.05) is 5.43 Å². The molecule has 1 aromatic carbocycles. The van der Waals surface area contributed by atoms with Crippen molar-refractivity contribution in [2.75, 3.05) is 6.54 Å². The number of hydrogen-bond donors (Lipinski definition) is 7. The van der Waals surface area contributed by atoms with Crippen LogP contribution in [0.1, 0.15) is 25.8 Å². The summed E-state index contributed by atoms with van der Waals surface area (Å²) in [6.07, 6.45) is -2.22. The first-order valence-corrected chi connectivity index (χ1v) is 10.1. The number of aliphatic hydroxyl groups excluding tert-OH is 2. The minimum atomic E-state index is -1.31. The maximum Gasteiger partial charge on any atom is 0.256 e. The Morgan fingerprint density at radius 1 is 1.19 bits per heavy atom. The van der Waals surface area contributed by atoms with E-state index in [0.29, 0.717) is 5.56 Å². The predicted octanol–water partition coefficient (Wildman–Crippen LogP) is -2.74. The Balaban J connectivity index is 2.31. The lowest BCUT2D eigenvalue weighted by Crippen LogP contribution is -2.59. The molecule has 4 amide bonds. The van der Waals surface area contributed by atoms with E-state index in [4.69, 9.17) is 5.84 Å². The molecule has 1 fully saturated rings. The van der Waals surface area contributed by atoms with Crippen LogP contribution in [0.3, 0.4) is 0 Å². The summed E-state index contributed by atoms with van der Waals surface area (Å²) >= 11 is 0. The molecule has 1 heterocycles. The number of likely N-dealkylation sites (tertiary alicyclic amines) is 1. The van der Waals surface area contributed by atoms with Crippen LogP contribution >= 0.6 is 0 Å². The molecule has 0 aliphatic carbocycles. The number of benzene rings is 1. The molecule has 1 saturated heterocycles. The van der Waals surface area contributed by atoms with Crippen molar-refractivity contribution in [3.05, 3.63) is 29.8 Å². The van der Waals surface area contributed by atoms with Crippen molar-refractivity contribution in [2.45, 2.75) is 57.0 Å². The van der Waals surface area contributed by atoms with Crippen LogP contribution in [0.25, 0.3) is 0 Å². The van der Waals surface area contributed by atoms with Gasteiger partial charge in [0.05, 0.1) is 12.2 Å². The normalized spacial score (nSPS) is 20.7. The van der Waals surface area contributed by atoms with Gasteiger partial charge in [-0.15, -0.1) is 0 Å². The fourth-order valence-electron chi connectivity index (χ4n) is 3.56. The molecule has 2 rings (SSSR count). The van der Waals surface area contributed by atoms with Crippen LogP contribution in [-0.2, 0) is 25.6 Å². The average Bonchev–Trinajstić information content (AvgIpc) is 3.13. The molecule has 176 valence electrons. The highest BCUT2D eigenvalue weighted by Crippen LogP contribution is 2.21. The number of nitrogens with zero attached hydrogens (tertiary/aromatic N) is 1. The summed E-state index contributed by atoms with van der Waals surface area (Å²) in [6.45, 7) is 2.36. The molecule has 0 aromatic heterocycles. The van der Waals surface area contributed by atoms with E-state index >= 15 is 0 Å². The summed E-state index contributed by atoms with van der Waals surface area (Å²) in [5.74, 6) is 2.55. The number of aromatic hydroxyl groups is 1. The molecule has 1 aliphatic rings. The Morgan fingerprint density at radius 2 is 1.81 bits per heavy atom. The van der Waals surface area contributed by atoms with Crippen molar-refractivity contribution in [2.24, 2.45) is 5.84 Å². The number of β-amino-alcohol motifs (C(OH)–C–C–N with tert-alkyl or cyclic N) is 1. The topological polar surface area (TPSA) is 194 Å². The third-order valence-electron chi connectivity index (χ3n) is 5.12. The highest BCUT2D eigenvalue weighted by Gasteiger charge is 2.42. The summed E-state index contributed by atoms with van der Waals surface area (Å²) < 4.78 is 0. The molecule has 0 unspecified atom stereocenters. The minimum Gasteiger partial charge on any atom is -0.508 e. The van der Waals surface area contributed by atoms with Gasteiger partial charge in [-0.25, -0.2) is 5.84 Å². The van der Waals surface area contributed by atoms with Gasteiger partial charge in [0.2, 0.25) is 17.7 Å². The van der Waals surface area contributed by atoms with Gasteiger partial charge in [0.1, 0.15) is 23.9 Å². The number of carbonyl (C=O) groups excluding carboxylic acids is 4. The van der Waals surface area contributed by atoms with Gasteiger partial charge in [0.15, 0.2) is 0 Å². The second-order valence-electron chi connectivity index (χ2n) is 7.76. The van der Waals surface area contributed by atoms with Gasteiger partial charge in [0, 0.05) is 26.3 Å². The summed E-state index contributed by atoms with van der Waals surface area (Å²) in [5.41, 5.74) is 2.55. The van der Waals surface area contributed by atoms with E-state index in [2.05, 4.69) is 10.6 Å². The summed E-state index contributed by atoms with van der Waals surface area (Å²) in [5, 5.41) is 34.2. The lowest BCUT2D eigenvalue weighted by atomic mass is 10.0. The number of nitrogens with two attached hydrogens (primary N) is 1. The van der Waals surface area contributed by atoms with Crippen molar-refractivity contribution in [3.8, 4) is 5.75 Å². The van der Waals surface area contributed by atoms with Crippen LogP contribution < -0.4 is 21.9 Å². The second kappa shape index (κ2) is 10.9. The number of aliphatic hydroxyl groups is 2. The van der Waals surface area contributed by atoms with Crippen LogP contribution in [0.5, 0.6) is 5.75 Å². The Kier molecular flexibility index (Phi) is 8.52.